The summed E-state index contributed by atoms with van der Waals surface area (Å²) >= 11 is 1.51. The van der Waals surface area contributed by atoms with Gasteiger partial charge in [0, 0.05) is 17.0 Å². The van der Waals surface area contributed by atoms with E-state index in [1.54, 1.807) is 0 Å². The number of amides is 1. The van der Waals surface area contributed by atoms with Crippen LogP contribution in [0.1, 0.15) is 38.2 Å². The van der Waals surface area contributed by atoms with Gasteiger partial charge in [0.1, 0.15) is 0 Å². The van der Waals surface area contributed by atoms with Crippen LogP contribution in [0.15, 0.2) is 29.3 Å². The van der Waals surface area contributed by atoms with Gasteiger partial charge in [0.05, 0.1) is 24.0 Å². The maximum absolute atomic E-state index is 12.4. The number of fused-ring (bicyclic) bond motifs is 1. The van der Waals surface area contributed by atoms with Crippen molar-refractivity contribution in [2.24, 2.45) is 10.9 Å². The summed E-state index contributed by atoms with van der Waals surface area (Å²) in [6, 6.07) is 7.99. The predicted octanol–water partition coefficient (Wildman–Crippen LogP) is 2.60. The zero-order chi connectivity index (χ0) is 19.7. The molecular formula is C20H27N3O3S2. The van der Waals surface area contributed by atoms with Crippen LogP contribution in [0.4, 0.5) is 5.69 Å². The van der Waals surface area contributed by atoms with E-state index in [-0.39, 0.29) is 28.7 Å². The summed E-state index contributed by atoms with van der Waals surface area (Å²) < 4.78 is 23.3. The van der Waals surface area contributed by atoms with Crippen LogP contribution in [0.2, 0.25) is 0 Å². The topological polar surface area (TPSA) is 87.6 Å². The molecule has 1 aromatic rings. The summed E-state index contributed by atoms with van der Waals surface area (Å²) in [5.41, 5.74) is 1.88. The first-order valence-corrected chi connectivity index (χ1v) is 12.7. The van der Waals surface area contributed by atoms with Crippen LogP contribution in [-0.2, 0) is 21.1 Å². The van der Waals surface area contributed by atoms with Gasteiger partial charge in [0.2, 0.25) is 5.91 Å². The average molecular weight is 422 g/mol. The Morgan fingerprint density at radius 1 is 1.18 bits per heavy atom. The molecule has 8 heteroatoms. The zero-order valence-corrected chi connectivity index (χ0v) is 17.7. The van der Waals surface area contributed by atoms with Gasteiger partial charge in [-0.25, -0.2) is 8.42 Å². The standard InChI is InChI=1S/C20H27N3O3S2/c1-13-4-2-3-5-16(13)22-19(24)10-14-6-8-15(9-7-14)21-20-23-17-11-28(25,26)12-18(17)27-20/h6-9,13,16-18H,2-5,10-12H2,1H3,(H,21,23)(H,22,24)/t13?,16?,17-,18+/m1/s1. The van der Waals surface area contributed by atoms with E-state index in [0.29, 0.717) is 18.4 Å². The Morgan fingerprint density at radius 3 is 2.64 bits per heavy atom. The van der Waals surface area contributed by atoms with Gasteiger partial charge in [-0.1, -0.05) is 43.7 Å². The zero-order valence-electron chi connectivity index (χ0n) is 16.1. The van der Waals surface area contributed by atoms with E-state index in [0.717, 1.165) is 22.8 Å². The van der Waals surface area contributed by atoms with Crippen molar-refractivity contribution in [1.82, 2.24) is 5.32 Å². The van der Waals surface area contributed by atoms with Gasteiger partial charge < -0.3 is 10.6 Å². The molecule has 1 saturated carbocycles. The van der Waals surface area contributed by atoms with E-state index in [9.17, 15) is 13.2 Å². The maximum atomic E-state index is 12.4. The third kappa shape index (κ3) is 4.71. The molecule has 0 aromatic heterocycles. The highest BCUT2D eigenvalue weighted by atomic mass is 32.2. The second kappa shape index (κ2) is 8.06. The summed E-state index contributed by atoms with van der Waals surface area (Å²) in [6.45, 7) is 2.22. The van der Waals surface area contributed by atoms with E-state index in [4.69, 9.17) is 0 Å². The number of amidine groups is 1. The van der Waals surface area contributed by atoms with Crippen molar-refractivity contribution in [1.29, 1.82) is 0 Å². The number of sulfone groups is 1. The van der Waals surface area contributed by atoms with Gasteiger partial charge in [-0.05, 0) is 36.5 Å². The number of thioether (sulfide) groups is 1. The number of hydrogen-bond acceptors (Lipinski definition) is 6. The fourth-order valence-electron chi connectivity index (χ4n) is 4.22. The molecule has 0 radical (unpaired) electrons. The first-order valence-electron chi connectivity index (χ1n) is 9.98. The van der Waals surface area contributed by atoms with Gasteiger partial charge in [-0.3, -0.25) is 9.79 Å². The quantitative estimate of drug-likeness (QED) is 0.780. The number of carbonyl (C=O) groups is 1. The van der Waals surface area contributed by atoms with Crippen LogP contribution in [-0.4, -0.2) is 48.3 Å². The Morgan fingerprint density at radius 2 is 1.93 bits per heavy atom. The molecular weight excluding hydrogens is 394 g/mol. The van der Waals surface area contributed by atoms with Gasteiger partial charge >= 0.3 is 0 Å². The number of hydrogen-bond donors (Lipinski definition) is 2. The van der Waals surface area contributed by atoms with Crippen molar-refractivity contribution in [2.45, 2.75) is 56.4 Å². The Hall–Kier alpha value is -1.54. The van der Waals surface area contributed by atoms with Gasteiger partial charge in [0.25, 0.3) is 0 Å². The molecule has 2 fully saturated rings. The van der Waals surface area contributed by atoms with Crippen LogP contribution in [0, 0.1) is 5.92 Å². The highest BCUT2D eigenvalue weighted by Crippen LogP contribution is 2.34. The largest absolute Gasteiger partial charge is 0.353 e. The monoisotopic (exact) mass is 421 g/mol. The van der Waals surface area contributed by atoms with E-state index < -0.39 is 9.84 Å². The minimum atomic E-state index is -2.93. The molecule has 28 heavy (non-hydrogen) atoms. The molecule has 0 bridgehead atoms. The SMILES string of the molecule is CC1CCCCC1NC(=O)Cc1ccc(NC2=N[C@@H]3CS(=O)(=O)C[C@@H]3S2)cc1. The summed E-state index contributed by atoms with van der Waals surface area (Å²) in [6.07, 6.45) is 5.13. The lowest BCUT2D eigenvalue weighted by Crippen LogP contribution is -2.41. The third-order valence-electron chi connectivity index (χ3n) is 5.85. The molecule has 2 aliphatic heterocycles. The molecule has 1 saturated heterocycles. The minimum absolute atomic E-state index is 0.0395. The second-order valence-corrected chi connectivity index (χ2v) is 11.6. The van der Waals surface area contributed by atoms with Gasteiger partial charge in [-0.15, -0.1) is 0 Å². The lowest BCUT2D eigenvalue weighted by Gasteiger charge is -2.29. The molecule has 2 heterocycles. The van der Waals surface area contributed by atoms with Crippen molar-refractivity contribution in [2.75, 3.05) is 16.8 Å². The van der Waals surface area contributed by atoms with Gasteiger partial charge in [-0.2, -0.15) is 0 Å². The Balaban J connectivity index is 1.29. The van der Waals surface area contributed by atoms with Crippen molar-refractivity contribution in [3.05, 3.63) is 29.8 Å². The molecule has 152 valence electrons. The second-order valence-electron chi connectivity index (χ2n) is 8.17. The van der Waals surface area contributed by atoms with E-state index in [1.165, 1.54) is 31.0 Å². The molecule has 6 nitrogen and oxygen atoms in total. The lowest BCUT2D eigenvalue weighted by atomic mass is 9.86. The van der Waals surface area contributed by atoms with Crippen molar-refractivity contribution < 1.29 is 13.2 Å². The number of anilines is 1. The van der Waals surface area contributed by atoms with Crippen molar-refractivity contribution in [3.8, 4) is 0 Å². The molecule has 3 aliphatic rings. The lowest BCUT2D eigenvalue weighted by molar-refractivity contribution is -0.121. The molecule has 2 N–H and O–H groups in total. The normalized spacial score (nSPS) is 31.1. The van der Waals surface area contributed by atoms with Crippen molar-refractivity contribution in [3.63, 3.8) is 0 Å². The summed E-state index contributed by atoms with van der Waals surface area (Å²) in [7, 11) is -2.93. The maximum Gasteiger partial charge on any atom is 0.224 e. The molecule has 2 unspecified atom stereocenters. The molecule has 4 rings (SSSR count). The number of nitrogens with one attached hydrogen (secondary N) is 2. The number of benzene rings is 1. The minimum Gasteiger partial charge on any atom is -0.353 e. The molecule has 1 aromatic carbocycles. The highest BCUT2D eigenvalue weighted by molar-refractivity contribution is 8.15. The molecule has 0 spiro atoms. The fourth-order valence-corrected chi connectivity index (χ4v) is 7.90. The number of carbonyl (C=O) groups excluding carboxylic acids is 1. The van der Waals surface area contributed by atoms with Crippen molar-refractivity contribution >= 4 is 38.4 Å². The summed E-state index contributed by atoms with van der Waals surface area (Å²) in [5, 5.41) is 7.28. The molecule has 4 atom stereocenters. The van der Waals surface area contributed by atoms with Crippen LogP contribution in [0.3, 0.4) is 0 Å². The molecule has 1 amide bonds. The average Bonchev–Trinajstić information content (AvgIpc) is 3.11. The summed E-state index contributed by atoms with van der Waals surface area (Å²) in [4.78, 5) is 16.9. The number of rotatable bonds is 4. The smallest absolute Gasteiger partial charge is 0.224 e. The highest BCUT2D eigenvalue weighted by Gasteiger charge is 2.42. The third-order valence-corrected chi connectivity index (χ3v) is 8.99. The van der Waals surface area contributed by atoms with Crippen LogP contribution < -0.4 is 10.6 Å². The summed E-state index contributed by atoms with van der Waals surface area (Å²) in [5.74, 6) is 1.02. The van der Waals surface area contributed by atoms with Crippen LogP contribution in [0.5, 0.6) is 0 Å². The van der Waals surface area contributed by atoms with E-state index in [1.807, 2.05) is 24.3 Å². The van der Waals surface area contributed by atoms with Crippen LogP contribution in [0.25, 0.3) is 0 Å². The van der Waals surface area contributed by atoms with Gasteiger partial charge in [0.15, 0.2) is 15.0 Å². The Bertz CT molecular complexity index is 867. The first-order chi connectivity index (χ1) is 13.4. The first kappa shape index (κ1) is 19.8. The van der Waals surface area contributed by atoms with Crippen LogP contribution >= 0.6 is 11.8 Å². The Labute approximate surface area is 170 Å². The molecule has 1 aliphatic carbocycles. The van der Waals surface area contributed by atoms with E-state index in [2.05, 4.69) is 22.5 Å². The predicted molar refractivity (Wildman–Crippen MR) is 115 cm³/mol. The number of aliphatic imine (C=N–C) groups is 1. The Kier molecular flexibility index (Phi) is 5.69. The fraction of sp³-hybridized carbons (Fsp3) is 0.600. The van der Waals surface area contributed by atoms with E-state index >= 15 is 0 Å². The number of nitrogens with zero attached hydrogens (tertiary/aromatic N) is 1.